The summed E-state index contributed by atoms with van der Waals surface area (Å²) in [5.41, 5.74) is 0.268. The van der Waals surface area contributed by atoms with Gasteiger partial charge in [-0.25, -0.2) is 4.98 Å². The molecule has 1 aromatic heterocycles. The van der Waals surface area contributed by atoms with E-state index in [9.17, 15) is 4.79 Å². The molecule has 1 heterocycles. The highest BCUT2D eigenvalue weighted by Crippen LogP contribution is 2.20. The van der Waals surface area contributed by atoms with Gasteiger partial charge in [-0.2, -0.15) is 0 Å². The third kappa shape index (κ3) is 5.02. The second-order valence-corrected chi connectivity index (χ2v) is 5.48. The van der Waals surface area contributed by atoms with E-state index in [1.807, 2.05) is 13.8 Å². The van der Waals surface area contributed by atoms with Crippen molar-refractivity contribution in [3.8, 4) is 0 Å². The Balaban J connectivity index is 2.32. The molecule has 0 aliphatic heterocycles. The van der Waals surface area contributed by atoms with Crippen molar-refractivity contribution >= 4 is 17.5 Å². The van der Waals surface area contributed by atoms with Gasteiger partial charge in [0.15, 0.2) is 0 Å². The second-order valence-electron chi connectivity index (χ2n) is 5.04. The van der Waals surface area contributed by atoms with E-state index in [1.165, 1.54) is 6.20 Å². The first kappa shape index (κ1) is 14.9. The number of carbonyl (C=O) groups is 1. The standard InChI is InChI=1S/C13H19ClN2O2/c1-13(2,9-17)6-3-7-15-12(18)11-5-4-10(14)8-16-11/h4-5,8,17H,3,6-7,9H2,1-2H3,(H,15,18). The Morgan fingerprint density at radius 2 is 2.22 bits per heavy atom. The summed E-state index contributed by atoms with van der Waals surface area (Å²) >= 11 is 5.69. The average molecular weight is 271 g/mol. The molecule has 0 fully saturated rings. The number of amides is 1. The van der Waals surface area contributed by atoms with Gasteiger partial charge in [-0.1, -0.05) is 25.4 Å². The summed E-state index contributed by atoms with van der Waals surface area (Å²) in [6.07, 6.45) is 3.13. The largest absolute Gasteiger partial charge is 0.396 e. The van der Waals surface area contributed by atoms with Crippen LogP contribution in [0.4, 0.5) is 0 Å². The smallest absolute Gasteiger partial charge is 0.269 e. The molecule has 0 atom stereocenters. The van der Waals surface area contributed by atoms with Crippen LogP contribution in [0.3, 0.4) is 0 Å². The number of aliphatic hydroxyl groups excluding tert-OH is 1. The molecule has 0 bridgehead atoms. The first-order valence-corrected chi connectivity index (χ1v) is 6.33. The van der Waals surface area contributed by atoms with Gasteiger partial charge in [-0.3, -0.25) is 4.79 Å². The number of aliphatic hydroxyl groups is 1. The molecule has 1 amide bonds. The molecule has 5 heteroatoms. The fourth-order valence-electron chi connectivity index (χ4n) is 1.45. The van der Waals surface area contributed by atoms with E-state index in [0.29, 0.717) is 17.3 Å². The molecule has 0 unspecified atom stereocenters. The zero-order chi connectivity index (χ0) is 13.6. The van der Waals surface area contributed by atoms with Crippen LogP contribution in [0.1, 0.15) is 37.2 Å². The number of hydrogen-bond acceptors (Lipinski definition) is 3. The second kappa shape index (κ2) is 6.71. The van der Waals surface area contributed by atoms with Gasteiger partial charge in [0, 0.05) is 19.3 Å². The first-order chi connectivity index (χ1) is 8.44. The van der Waals surface area contributed by atoms with Crippen LogP contribution < -0.4 is 5.32 Å². The van der Waals surface area contributed by atoms with E-state index in [1.54, 1.807) is 12.1 Å². The lowest BCUT2D eigenvalue weighted by molar-refractivity contribution is 0.0943. The van der Waals surface area contributed by atoms with Crippen molar-refractivity contribution in [2.75, 3.05) is 13.2 Å². The van der Waals surface area contributed by atoms with Crippen molar-refractivity contribution in [3.63, 3.8) is 0 Å². The van der Waals surface area contributed by atoms with Crippen LogP contribution in [0.25, 0.3) is 0 Å². The monoisotopic (exact) mass is 270 g/mol. The Bertz CT molecular complexity index is 390. The quantitative estimate of drug-likeness (QED) is 0.780. The number of aromatic nitrogens is 1. The number of rotatable bonds is 6. The van der Waals surface area contributed by atoms with Crippen LogP contribution in [0, 0.1) is 5.41 Å². The molecule has 18 heavy (non-hydrogen) atoms. The van der Waals surface area contributed by atoms with Crippen molar-refractivity contribution in [3.05, 3.63) is 29.0 Å². The van der Waals surface area contributed by atoms with Crippen LogP contribution in [0.2, 0.25) is 5.02 Å². The summed E-state index contributed by atoms with van der Waals surface area (Å²) in [5, 5.41) is 12.4. The predicted octanol–water partition coefficient (Wildman–Crippen LogP) is 2.26. The van der Waals surface area contributed by atoms with Crippen LogP contribution in [-0.2, 0) is 0 Å². The molecule has 0 saturated heterocycles. The molecule has 0 radical (unpaired) electrons. The molecule has 0 aliphatic carbocycles. The minimum absolute atomic E-state index is 0.0940. The molecule has 2 N–H and O–H groups in total. The molecule has 4 nitrogen and oxygen atoms in total. The summed E-state index contributed by atoms with van der Waals surface area (Å²) < 4.78 is 0. The van der Waals surface area contributed by atoms with Gasteiger partial charge in [-0.15, -0.1) is 0 Å². The molecule has 1 rings (SSSR count). The van der Waals surface area contributed by atoms with Gasteiger partial charge < -0.3 is 10.4 Å². The molecule has 100 valence electrons. The highest BCUT2D eigenvalue weighted by molar-refractivity contribution is 6.30. The van der Waals surface area contributed by atoms with E-state index in [-0.39, 0.29) is 17.9 Å². The fraction of sp³-hybridized carbons (Fsp3) is 0.538. The molecule has 0 aromatic carbocycles. The van der Waals surface area contributed by atoms with Gasteiger partial charge in [0.05, 0.1) is 5.02 Å². The Morgan fingerprint density at radius 1 is 1.50 bits per heavy atom. The van der Waals surface area contributed by atoms with Crippen LogP contribution >= 0.6 is 11.6 Å². The molecule has 0 spiro atoms. The van der Waals surface area contributed by atoms with Gasteiger partial charge in [0.1, 0.15) is 5.69 Å². The van der Waals surface area contributed by atoms with E-state index < -0.39 is 0 Å². The van der Waals surface area contributed by atoms with Crippen LogP contribution in [0.15, 0.2) is 18.3 Å². The number of nitrogens with one attached hydrogen (secondary N) is 1. The summed E-state index contributed by atoms with van der Waals surface area (Å²) in [4.78, 5) is 15.6. The van der Waals surface area contributed by atoms with Crippen LogP contribution in [0.5, 0.6) is 0 Å². The van der Waals surface area contributed by atoms with Gasteiger partial charge in [0.2, 0.25) is 0 Å². The van der Waals surface area contributed by atoms with Crippen molar-refractivity contribution < 1.29 is 9.90 Å². The van der Waals surface area contributed by atoms with E-state index in [4.69, 9.17) is 16.7 Å². The van der Waals surface area contributed by atoms with Gasteiger partial charge in [0.25, 0.3) is 5.91 Å². The Kier molecular flexibility index (Phi) is 5.56. The van der Waals surface area contributed by atoms with E-state index in [2.05, 4.69) is 10.3 Å². The molecular weight excluding hydrogens is 252 g/mol. The zero-order valence-corrected chi connectivity index (χ0v) is 11.5. The van der Waals surface area contributed by atoms with Crippen molar-refractivity contribution in [2.24, 2.45) is 5.41 Å². The number of halogens is 1. The SMILES string of the molecule is CC(C)(CO)CCCNC(=O)c1ccc(Cl)cn1. The summed E-state index contributed by atoms with van der Waals surface area (Å²) in [5.74, 6) is -0.200. The Hall–Kier alpha value is -1.13. The van der Waals surface area contributed by atoms with E-state index >= 15 is 0 Å². The summed E-state index contributed by atoms with van der Waals surface area (Å²) in [6.45, 7) is 4.72. The molecular formula is C13H19ClN2O2. The maximum atomic E-state index is 11.7. The average Bonchev–Trinajstić information content (AvgIpc) is 2.35. The minimum Gasteiger partial charge on any atom is -0.396 e. The van der Waals surface area contributed by atoms with Gasteiger partial charge in [-0.05, 0) is 30.4 Å². The third-order valence-corrected chi connectivity index (χ3v) is 2.93. The third-order valence-electron chi connectivity index (χ3n) is 2.70. The lowest BCUT2D eigenvalue weighted by atomic mass is 9.89. The maximum Gasteiger partial charge on any atom is 0.269 e. The number of hydrogen-bond donors (Lipinski definition) is 2. The first-order valence-electron chi connectivity index (χ1n) is 5.95. The lowest BCUT2D eigenvalue weighted by Gasteiger charge is -2.21. The highest BCUT2D eigenvalue weighted by atomic mass is 35.5. The molecule has 0 aliphatic rings. The van der Waals surface area contributed by atoms with Crippen molar-refractivity contribution in [1.82, 2.24) is 10.3 Å². The van der Waals surface area contributed by atoms with Crippen LogP contribution in [-0.4, -0.2) is 29.1 Å². The normalized spacial score (nSPS) is 11.3. The fourth-order valence-corrected chi connectivity index (χ4v) is 1.56. The summed E-state index contributed by atoms with van der Waals surface area (Å²) in [6, 6.07) is 3.23. The Morgan fingerprint density at radius 3 is 2.78 bits per heavy atom. The Labute approximate surface area is 112 Å². The van der Waals surface area contributed by atoms with Gasteiger partial charge >= 0.3 is 0 Å². The molecule has 0 saturated carbocycles. The van der Waals surface area contributed by atoms with Crippen molar-refractivity contribution in [2.45, 2.75) is 26.7 Å². The lowest BCUT2D eigenvalue weighted by Crippen LogP contribution is -2.27. The highest BCUT2D eigenvalue weighted by Gasteiger charge is 2.15. The summed E-state index contributed by atoms with van der Waals surface area (Å²) in [7, 11) is 0. The number of carbonyl (C=O) groups excluding carboxylic acids is 1. The predicted molar refractivity (Wildman–Crippen MR) is 71.7 cm³/mol. The van der Waals surface area contributed by atoms with Crippen molar-refractivity contribution in [1.29, 1.82) is 0 Å². The number of pyridine rings is 1. The maximum absolute atomic E-state index is 11.7. The molecule has 1 aromatic rings. The topological polar surface area (TPSA) is 62.2 Å². The minimum atomic E-state index is -0.200. The zero-order valence-electron chi connectivity index (χ0n) is 10.7. The number of nitrogens with zero attached hydrogens (tertiary/aromatic N) is 1. The van der Waals surface area contributed by atoms with E-state index in [0.717, 1.165) is 12.8 Å².